The van der Waals surface area contributed by atoms with Crippen molar-refractivity contribution in [1.29, 1.82) is 0 Å². The average molecular weight is 236 g/mol. The zero-order valence-electron chi connectivity index (χ0n) is 10.6. The van der Waals surface area contributed by atoms with Crippen molar-refractivity contribution < 1.29 is 14.2 Å². The summed E-state index contributed by atoms with van der Waals surface area (Å²) in [6.07, 6.45) is 3.69. The first kappa shape index (κ1) is 12.2. The third-order valence-electron chi connectivity index (χ3n) is 2.61. The van der Waals surface area contributed by atoms with Crippen LogP contribution in [-0.4, -0.2) is 26.4 Å². The molecule has 0 atom stereocenters. The van der Waals surface area contributed by atoms with E-state index in [1.54, 1.807) is 7.11 Å². The quantitative estimate of drug-likeness (QED) is 0.681. The number of aryl methyl sites for hydroxylation is 1. The summed E-state index contributed by atoms with van der Waals surface area (Å²) in [5.74, 6) is 1.81. The fraction of sp³-hybridized carbons (Fsp3) is 0.571. The Balaban J connectivity index is 1.88. The van der Waals surface area contributed by atoms with Gasteiger partial charge in [-0.15, -0.1) is 0 Å². The van der Waals surface area contributed by atoms with Crippen LogP contribution in [0.5, 0.6) is 11.5 Å². The summed E-state index contributed by atoms with van der Waals surface area (Å²) < 4.78 is 16.4. The highest BCUT2D eigenvalue weighted by molar-refractivity contribution is 5.38. The van der Waals surface area contributed by atoms with Gasteiger partial charge in [-0.3, -0.25) is 0 Å². The summed E-state index contributed by atoms with van der Waals surface area (Å²) in [6, 6.07) is 6.06. The minimum Gasteiger partial charge on any atom is -0.493 e. The highest BCUT2D eigenvalue weighted by Gasteiger charge is 2.23. The number of ether oxygens (including phenoxy) is 3. The van der Waals surface area contributed by atoms with E-state index >= 15 is 0 Å². The molecule has 0 amide bonds. The van der Waals surface area contributed by atoms with Gasteiger partial charge in [-0.25, -0.2) is 0 Å². The van der Waals surface area contributed by atoms with Crippen molar-refractivity contribution in [3.05, 3.63) is 23.8 Å². The first-order chi connectivity index (χ1) is 8.28. The lowest BCUT2D eigenvalue weighted by molar-refractivity contribution is 0.172. The standard InChI is InChI=1S/C14H20O3/c1-11-8-13(16-7-3-6-15-2)10-14(9-11)17-12-4-5-12/h8-10,12H,3-7H2,1-2H3. The predicted octanol–water partition coefficient (Wildman–Crippen LogP) is 2.95. The molecule has 17 heavy (non-hydrogen) atoms. The number of rotatable bonds is 7. The molecule has 1 aromatic rings. The number of benzene rings is 1. The lowest BCUT2D eigenvalue weighted by Gasteiger charge is -2.10. The van der Waals surface area contributed by atoms with Crippen LogP contribution in [0.1, 0.15) is 24.8 Å². The molecule has 1 saturated carbocycles. The van der Waals surface area contributed by atoms with Crippen LogP contribution in [0.4, 0.5) is 0 Å². The Kier molecular flexibility index (Phi) is 4.26. The smallest absolute Gasteiger partial charge is 0.123 e. The van der Waals surface area contributed by atoms with Crippen molar-refractivity contribution >= 4 is 0 Å². The molecule has 0 unspecified atom stereocenters. The maximum Gasteiger partial charge on any atom is 0.123 e. The highest BCUT2D eigenvalue weighted by Crippen LogP contribution is 2.30. The molecule has 0 N–H and O–H groups in total. The van der Waals surface area contributed by atoms with Crippen molar-refractivity contribution in [2.75, 3.05) is 20.3 Å². The molecule has 3 heteroatoms. The number of methoxy groups -OCH3 is 1. The van der Waals surface area contributed by atoms with Gasteiger partial charge in [0.25, 0.3) is 0 Å². The van der Waals surface area contributed by atoms with E-state index in [4.69, 9.17) is 14.2 Å². The van der Waals surface area contributed by atoms with Gasteiger partial charge >= 0.3 is 0 Å². The zero-order chi connectivity index (χ0) is 12.1. The van der Waals surface area contributed by atoms with E-state index in [9.17, 15) is 0 Å². The molecular formula is C14H20O3. The van der Waals surface area contributed by atoms with E-state index in [2.05, 4.69) is 13.0 Å². The van der Waals surface area contributed by atoms with Gasteiger partial charge in [-0.2, -0.15) is 0 Å². The van der Waals surface area contributed by atoms with Crippen molar-refractivity contribution in [3.63, 3.8) is 0 Å². The largest absolute Gasteiger partial charge is 0.493 e. The van der Waals surface area contributed by atoms with E-state index in [1.165, 1.54) is 18.4 Å². The normalized spacial score (nSPS) is 14.7. The monoisotopic (exact) mass is 236 g/mol. The van der Waals surface area contributed by atoms with Gasteiger partial charge in [0.2, 0.25) is 0 Å². The first-order valence-corrected chi connectivity index (χ1v) is 6.18. The Morgan fingerprint density at radius 1 is 1.12 bits per heavy atom. The second kappa shape index (κ2) is 5.92. The van der Waals surface area contributed by atoms with Crippen LogP contribution in [0, 0.1) is 6.92 Å². The number of hydrogen-bond donors (Lipinski definition) is 0. The van der Waals surface area contributed by atoms with Gasteiger partial charge in [-0.1, -0.05) is 0 Å². The van der Waals surface area contributed by atoms with Crippen molar-refractivity contribution in [1.82, 2.24) is 0 Å². The van der Waals surface area contributed by atoms with Gasteiger partial charge in [0.15, 0.2) is 0 Å². The van der Waals surface area contributed by atoms with Crippen LogP contribution in [0.15, 0.2) is 18.2 Å². The minimum atomic E-state index is 0.429. The van der Waals surface area contributed by atoms with Gasteiger partial charge in [0, 0.05) is 26.2 Å². The SMILES string of the molecule is COCCCOc1cc(C)cc(OC2CC2)c1. The Bertz CT molecular complexity index is 358. The lowest BCUT2D eigenvalue weighted by Crippen LogP contribution is -2.02. The Labute approximate surface area is 103 Å². The second-order valence-corrected chi connectivity index (χ2v) is 4.49. The summed E-state index contributed by atoms with van der Waals surface area (Å²) in [5, 5.41) is 0. The summed E-state index contributed by atoms with van der Waals surface area (Å²) in [4.78, 5) is 0. The Hall–Kier alpha value is -1.22. The molecule has 0 aromatic heterocycles. The molecule has 94 valence electrons. The van der Waals surface area contributed by atoms with Gasteiger partial charge in [0.05, 0.1) is 12.7 Å². The van der Waals surface area contributed by atoms with E-state index in [0.29, 0.717) is 12.7 Å². The van der Waals surface area contributed by atoms with Crippen LogP contribution in [0.25, 0.3) is 0 Å². The summed E-state index contributed by atoms with van der Waals surface area (Å²) >= 11 is 0. The third kappa shape index (κ3) is 4.27. The molecule has 0 aliphatic heterocycles. The van der Waals surface area contributed by atoms with E-state index in [0.717, 1.165) is 24.5 Å². The second-order valence-electron chi connectivity index (χ2n) is 4.49. The molecule has 0 saturated heterocycles. The topological polar surface area (TPSA) is 27.7 Å². The Morgan fingerprint density at radius 2 is 1.88 bits per heavy atom. The van der Waals surface area contributed by atoms with Gasteiger partial charge in [-0.05, 0) is 37.5 Å². The molecule has 0 heterocycles. The van der Waals surface area contributed by atoms with Gasteiger partial charge in [0.1, 0.15) is 11.5 Å². The Morgan fingerprint density at radius 3 is 2.59 bits per heavy atom. The molecular weight excluding hydrogens is 216 g/mol. The minimum absolute atomic E-state index is 0.429. The van der Waals surface area contributed by atoms with Crippen LogP contribution in [0.3, 0.4) is 0 Å². The van der Waals surface area contributed by atoms with Crippen molar-refractivity contribution in [2.45, 2.75) is 32.3 Å². The summed E-state index contributed by atoms with van der Waals surface area (Å²) in [5.41, 5.74) is 1.17. The third-order valence-corrected chi connectivity index (χ3v) is 2.61. The summed E-state index contributed by atoms with van der Waals surface area (Å²) in [6.45, 7) is 3.47. The molecule has 1 aliphatic carbocycles. The molecule has 1 aromatic carbocycles. The van der Waals surface area contributed by atoms with Crippen LogP contribution in [0.2, 0.25) is 0 Å². The molecule has 0 bridgehead atoms. The maximum atomic E-state index is 5.77. The molecule has 1 fully saturated rings. The van der Waals surface area contributed by atoms with E-state index in [1.807, 2.05) is 12.1 Å². The van der Waals surface area contributed by atoms with E-state index < -0.39 is 0 Å². The molecule has 0 spiro atoms. The lowest BCUT2D eigenvalue weighted by atomic mass is 10.2. The molecule has 1 aliphatic rings. The fourth-order valence-corrected chi connectivity index (χ4v) is 1.64. The van der Waals surface area contributed by atoms with Crippen LogP contribution < -0.4 is 9.47 Å². The number of hydrogen-bond acceptors (Lipinski definition) is 3. The maximum absolute atomic E-state index is 5.77. The highest BCUT2D eigenvalue weighted by atomic mass is 16.5. The fourth-order valence-electron chi connectivity index (χ4n) is 1.64. The summed E-state index contributed by atoms with van der Waals surface area (Å²) in [7, 11) is 1.70. The van der Waals surface area contributed by atoms with Crippen molar-refractivity contribution in [3.8, 4) is 11.5 Å². The van der Waals surface area contributed by atoms with Crippen LogP contribution in [-0.2, 0) is 4.74 Å². The predicted molar refractivity (Wildman–Crippen MR) is 66.8 cm³/mol. The van der Waals surface area contributed by atoms with Gasteiger partial charge < -0.3 is 14.2 Å². The molecule has 0 radical (unpaired) electrons. The van der Waals surface area contributed by atoms with Crippen LogP contribution >= 0.6 is 0 Å². The van der Waals surface area contributed by atoms with E-state index in [-0.39, 0.29) is 0 Å². The first-order valence-electron chi connectivity index (χ1n) is 6.18. The zero-order valence-corrected chi connectivity index (χ0v) is 10.6. The van der Waals surface area contributed by atoms with Crippen molar-refractivity contribution in [2.24, 2.45) is 0 Å². The molecule has 2 rings (SSSR count). The molecule has 3 nitrogen and oxygen atoms in total. The average Bonchev–Trinajstić information content (AvgIpc) is 3.07.